The molecule has 1 saturated heterocycles. The summed E-state index contributed by atoms with van der Waals surface area (Å²) in [4.78, 5) is 18.5. The smallest absolute Gasteiger partial charge is 0.257 e. The van der Waals surface area contributed by atoms with Crippen LogP contribution in [-0.4, -0.2) is 39.6 Å². The van der Waals surface area contributed by atoms with Gasteiger partial charge in [-0.2, -0.15) is 0 Å². The second-order valence-electron chi connectivity index (χ2n) is 5.20. The molecule has 0 unspecified atom stereocenters. The number of rotatable bonds is 1. The van der Waals surface area contributed by atoms with Crippen molar-refractivity contribution in [3.8, 4) is 0 Å². The normalized spacial score (nSPS) is 22.4. The number of hydrogen-bond donors (Lipinski definition) is 2. The molecule has 3 rings (SSSR count). The van der Waals surface area contributed by atoms with Gasteiger partial charge < -0.3 is 15.7 Å². The van der Waals surface area contributed by atoms with Gasteiger partial charge in [0, 0.05) is 18.1 Å². The number of benzene rings is 1. The molecular formula is C15H17N3O2. The highest BCUT2D eigenvalue weighted by atomic mass is 16.3. The lowest BCUT2D eigenvalue weighted by Gasteiger charge is -2.23. The third kappa shape index (κ3) is 1.91. The largest absolute Gasteiger partial charge is 0.397 e. The van der Waals surface area contributed by atoms with Crippen LogP contribution < -0.4 is 5.73 Å². The zero-order valence-electron chi connectivity index (χ0n) is 11.3. The van der Waals surface area contributed by atoms with Crippen LogP contribution in [-0.2, 0) is 0 Å². The first kappa shape index (κ1) is 12.9. The summed E-state index contributed by atoms with van der Waals surface area (Å²) >= 11 is 0. The Morgan fingerprint density at radius 1 is 1.45 bits per heavy atom. The number of carbonyl (C=O) groups excluding carboxylic acids is 1. The van der Waals surface area contributed by atoms with E-state index < -0.39 is 6.10 Å². The van der Waals surface area contributed by atoms with E-state index in [1.165, 1.54) is 6.20 Å². The second kappa shape index (κ2) is 4.76. The number of nitrogens with two attached hydrogens (primary N) is 1. The predicted octanol–water partition coefficient (Wildman–Crippen LogP) is 1.41. The Morgan fingerprint density at radius 2 is 2.20 bits per heavy atom. The lowest BCUT2D eigenvalue weighted by molar-refractivity contribution is 0.0668. The molecule has 0 spiro atoms. The van der Waals surface area contributed by atoms with Gasteiger partial charge in [-0.15, -0.1) is 0 Å². The van der Waals surface area contributed by atoms with E-state index in [9.17, 15) is 9.90 Å². The Kier molecular flexibility index (Phi) is 3.06. The van der Waals surface area contributed by atoms with E-state index in [1.54, 1.807) is 4.90 Å². The van der Waals surface area contributed by atoms with E-state index in [0.717, 1.165) is 10.9 Å². The molecule has 1 aliphatic rings. The van der Waals surface area contributed by atoms with Crippen LogP contribution in [0.1, 0.15) is 23.7 Å². The van der Waals surface area contributed by atoms with Gasteiger partial charge in [0.15, 0.2) is 0 Å². The van der Waals surface area contributed by atoms with E-state index in [1.807, 2.05) is 31.2 Å². The average Bonchev–Trinajstić information content (AvgIpc) is 2.79. The topological polar surface area (TPSA) is 79.5 Å². The molecular weight excluding hydrogens is 254 g/mol. The predicted molar refractivity (Wildman–Crippen MR) is 77.3 cm³/mol. The van der Waals surface area contributed by atoms with E-state index in [-0.39, 0.29) is 11.9 Å². The molecule has 0 aliphatic carbocycles. The molecule has 1 aliphatic heterocycles. The molecule has 1 amide bonds. The number of nitrogen functional groups attached to an aromatic ring is 1. The highest BCUT2D eigenvalue weighted by molar-refractivity contribution is 6.06. The van der Waals surface area contributed by atoms with Crippen molar-refractivity contribution in [2.75, 3.05) is 12.3 Å². The van der Waals surface area contributed by atoms with Gasteiger partial charge in [0.25, 0.3) is 5.91 Å². The Morgan fingerprint density at radius 3 is 2.90 bits per heavy atom. The maximum absolute atomic E-state index is 12.6. The molecule has 0 bridgehead atoms. The molecule has 1 aromatic carbocycles. The third-order valence-corrected chi connectivity index (χ3v) is 4.02. The van der Waals surface area contributed by atoms with Gasteiger partial charge in [-0.05, 0) is 19.4 Å². The Balaban J connectivity index is 2.02. The van der Waals surface area contributed by atoms with Gasteiger partial charge >= 0.3 is 0 Å². The van der Waals surface area contributed by atoms with Crippen molar-refractivity contribution in [3.05, 3.63) is 36.0 Å². The molecule has 5 nitrogen and oxygen atoms in total. The van der Waals surface area contributed by atoms with E-state index >= 15 is 0 Å². The number of aromatic nitrogens is 1. The summed E-state index contributed by atoms with van der Waals surface area (Å²) < 4.78 is 0. The van der Waals surface area contributed by atoms with E-state index in [2.05, 4.69) is 4.98 Å². The third-order valence-electron chi connectivity index (χ3n) is 4.02. The summed E-state index contributed by atoms with van der Waals surface area (Å²) in [6, 6.07) is 7.29. The molecule has 2 aromatic rings. The summed E-state index contributed by atoms with van der Waals surface area (Å²) in [5.41, 5.74) is 7.75. The van der Waals surface area contributed by atoms with Gasteiger partial charge in [-0.25, -0.2) is 0 Å². The number of para-hydroxylation sites is 1. The number of hydrogen-bond acceptors (Lipinski definition) is 4. The number of aliphatic hydroxyl groups excluding tert-OH is 1. The summed E-state index contributed by atoms with van der Waals surface area (Å²) in [6.07, 6.45) is 1.67. The first-order valence-electron chi connectivity index (χ1n) is 6.72. The zero-order valence-corrected chi connectivity index (χ0v) is 11.3. The van der Waals surface area contributed by atoms with Crippen LogP contribution in [0.2, 0.25) is 0 Å². The lowest BCUT2D eigenvalue weighted by atomic mass is 10.1. The molecule has 2 heterocycles. The Bertz CT molecular complexity index is 671. The molecule has 3 N–H and O–H groups in total. The molecule has 0 radical (unpaired) electrons. The van der Waals surface area contributed by atoms with Gasteiger partial charge in [0.05, 0.1) is 28.9 Å². The van der Waals surface area contributed by atoms with Crippen LogP contribution in [0.5, 0.6) is 0 Å². The van der Waals surface area contributed by atoms with Crippen molar-refractivity contribution in [1.29, 1.82) is 0 Å². The summed E-state index contributed by atoms with van der Waals surface area (Å²) in [5, 5.41) is 10.5. The van der Waals surface area contributed by atoms with Crippen LogP contribution in [0.15, 0.2) is 30.5 Å². The molecule has 5 heteroatoms. The molecule has 104 valence electrons. The fourth-order valence-corrected chi connectivity index (χ4v) is 2.70. The van der Waals surface area contributed by atoms with Crippen molar-refractivity contribution in [2.24, 2.45) is 0 Å². The Labute approximate surface area is 117 Å². The van der Waals surface area contributed by atoms with Gasteiger partial charge in [-0.3, -0.25) is 9.78 Å². The number of carbonyl (C=O) groups is 1. The van der Waals surface area contributed by atoms with Gasteiger partial charge in [0.2, 0.25) is 0 Å². The summed E-state index contributed by atoms with van der Waals surface area (Å²) in [7, 11) is 0. The molecule has 1 aromatic heterocycles. The Hall–Kier alpha value is -2.14. The highest BCUT2D eigenvalue weighted by Crippen LogP contribution is 2.26. The van der Waals surface area contributed by atoms with Gasteiger partial charge in [-0.1, -0.05) is 18.2 Å². The monoisotopic (exact) mass is 271 g/mol. The van der Waals surface area contributed by atoms with Crippen molar-refractivity contribution in [1.82, 2.24) is 9.88 Å². The van der Waals surface area contributed by atoms with Crippen LogP contribution in [0, 0.1) is 0 Å². The van der Waals surface area contributed by atoms with Crippen molar-refractivity contribution in [2.45, 2.75) is 25.5 Å². The van der Waals surface area contributed by atoms with Crippen molar-refractivity contribution in [3.63, 3.8) is 0 Å². The fourth-order valence-electron chi connectivity index (χ4n) is 2.70. The summed E-state index contributed by atoms with van der Waals surface area (Å²) in [6.45, 7) is 2.40. The summed E-state index contributed by atoms with van der Waals surface area (Å²) in [5.74, 6) is -0.162. The number of amides is 1. The van der Waals surface area contributed by atoms with Crippen LogP contribution in [0.25, 0.3) is 10.9 Å². The SMILES string of the molecule is C[C@H]1[C@@H](O)CCN1C(=O)c1cnc2ccccc2c1N. The molecule has 0 saturated carbocycles. The van der Waals surface area contributed by atoms with E-state index in [4.69, 9.17) is 5.73 Å². The van der Waals surface area contributed by atoms with Crippen LogP contribution in [0.4, 0.5) is 5.69 Å². The minimum atomic E-state index is -0.464. The van der Waals surface area contributed by atoms with Gasteiger partial charge in [0.1, 0.15) is 0 Å². The number of fused-ring (bicyclic) bond motifs is 1. The van der Waals surface area contributed by atoms with Crippen LogP contribution >= 0.6 is 0 Å². The first-order valence-corrected chi connectivity index (χ1v) is 6.72. The molecule has 20 heavy (non-hydrogen) atoms. The maximum Gasteiger partial charge on any atom is 0.257 e. The highest BCUT2D eigenvalue weighted by Gasteiger charge is 2.33. The zero-order chi connectivity index (χ0) is 14.3. The quantitative estimate of drug-likeness (QED) is 0.822. The van der Waals surface area contributed by atoms with Crippen LogP contribution in [0.3, 0.4) is 0 Å². The number of likely N-dealkylation sites (tertiary alicyclic amines) is 1. The average molecular weight is 271 g/mol. The van der Waals surface area contributed by atoms with E-state index in [0.29, 0.717) is 24.2 Å². The number of pyridine rings is 1. The minimum absolute atomic E-state index is 0.162. The maximum atomic E-state index is 12.6. The second-order valence-corrected chi connectivity index (χ2v) is 5.20. The number of aliphatic hydroxyl groups is 1. The lowest BCUT2D eigenvalue weighted by Crippen LogP contribution is -2.37. The molecule has 1 fully saturated rings. The fraction of sp³-hybridized carbons (Fsp3) is 0.333. The number of nitrogens with zero attached hydrogens (tertiary/aromatic N) is 2. The van der Waals surface area contributed by atoms with Crippen molar-refractivity contribution >= 4 is 22.5 Å². The van der Waals surface area contributed by atoms with Crippen molar-refractivity contribution < 1.29 is 9.90 Å². The molecule has 2 atom stereocenters. The number of anilines is 1. The minimum Gasteiger partial charge on any atom is -0.397 e. The standard InChI is InChI=1S/C15H17N3O2/c1-9-13(19)6-7-18(9)15(20)11-8-17-12-5-3-2-4-10(12)14(11)16/h2-5,8-9,13,19H,6-7H2,1H3,(H2,16,17)/t9-,13-/m0/s1. The first-order chi connectivity index (χ1) is 9.59.